The molecule has 0 aromatic heterocycles. The number of rotatable bonds is 4. The summed E-state index contributed by atoms with van der Waals surface area (Å²) in [5, 5.41) is 0. The second-order valence-corrected chi connectivity index (χ2v) is 5.65. The van der Waals surface area contributed by atoms with E-state index in [9.17, 15) is 4.79 Å². The predicted octanol–water partition coefficient (Wildman–Crippen LogP) is 3.74. The summed E-state index contributed by atoms with van der Waals surface area (Å²) in [5.41, 5.74) is 3.32. The molecule has 1 aliphatic heterocycles. The number of ether oxygens (including phenoxy) is 1. The fourth-order valence-electron chi connectivity index (χ4n) is 2.89. The summed E-state index contributed by atoms with van der Waals surface area (Å²) in [7, 11) is 0. The molecule has 0 radical (unpaired) electrons. The van der Waals surface area contributed by atoms with Crippen molar-refractivity contribution >= 4 is 11.6 Å². The fraction of sp³-hybridized carbons (Fsp3) is 0.316. The molecule has 0 N–H and O–H groups in total. The van der Waals surface area contributed by atoms with Gasteiger partial charge in [0.25, 0.3) is 5.91 Å². The van der Waals surface area contributed by atoms with Crippen LogP contribution >= 0.6 is 0 Å². The van der Waals surface area contributed by atoms with Crippen molar-refractivity contribution in [3.05, 3.63) is 59.7 Å². The maximum absolute atomic E-state index is 12.9. The van der Waals surface area contributed by atoms with E-state index in [-0.39, 0.29) is 5.91 Å². The summed E-state index contributed by atoms with van der Waals surface area (Å²) in [6.45, 7) is 4.73. The van der Waals surface area contributed by atoms with Crippen molar-refractivity contribution in [2.24, 2.45) is 0 Å². The van der Waals surface area contributed by atoms with E-state index in [1.54, 1.807) is 0 Å². The molecule has 0 saturated heterocycles. The average molecular weight is 295 g/mol. The molecule has 1 unspecified atom stereocenters. The van der Waals surface area contributed by atoms with Gasteiger partial charge in [-0.3, -0.25) is 4.79 Å². The first-order valence-electron chi connectivity index (χ1n) is 7.82. The van der Waals surface area contributed by atoms with Gasteiger partial charge in [0.05, 0.1) is 0 Å². The summed E-state index contributed by atoms with van der Waals surface area (Å²) in [6, 6.07) is 15.9. The Labute approximate surface area is 131 Å². The summed E-state index contributed by atoms with van der Waals surface area (Å²) in [4.78, 5) is 14.7. The quantitative estimate of drug-likeness (QED) is 0.860. The minimum Gasteiger partial charge on any atom is -0.480 e. The van der Waals surface area contributed by atoms with E-state index in [1.807, 2.05) is 61.2 Å². The van der Waals surface area contributed by atoms with Crippen LogP contribution in [0.1, 0.15) is 24.5 Å². The lowest BCUT2D eigenvalue weighted by atomic mass is 10.1. The van der Waals surface area contributed by atoms with Crippen molar-refractivity contribution in [2.75, 3.05) is 11.4 Å². The number of para-hydroxylation sites is 2. The van der Waals surface area contributed by atoms with Crippen LogP contribution in [-0.2, 0) is 11.2 Å². The molecular formula is C19H21NO2. The first-order chi connectivity index (χ1) is 10.7. The Hall–Kier alpha value is -2.29. The number of carbonyl (C=O) groups excluding carboxylic acids is 1. The summed E-state index contributed by atoms with van der Waals surface area (Å²) < 4.78 is 5.99. The van der Waals surface area contributed by atoms with Crippen LogP contribution in [0.5, 0.6) is 5.75 Å². The molecule has 1 heterocycles. The van der Waals surface area contributed by atoms with E-state index < -0.39 is 6.10 Å². The summed E-state index contributed by atoms with van der Waals surface area (Å²) in [5.74, 6) is 0.839. The van der Waals surface area contributed by atoms with Crippen LogP contribution in [0.4, 0.5) is 5.69 Å². The van der Waals surface area contributed by atoms with Crippen molar-refractivity contribution in [1.29, 1.82) is 0 Å². The summed E-state index contributed by atoms with van der Waals surface area (Å²) in [6.07, 6.45) is 1.14. The molecule has 0 aliphatic carbocycles. The van der Waals surface area contributed by atoms with Gasteiger partial charge in [-0.15, -0.1) is 0 Å². The number of hydrogen-bond donors (Lipinski definition) is 0. The molecule has 3 nitrogen and oxygen atoms in total. The number of hydrogen-bond acceptors (Lipinski definition) is 2. The van der Waals surface area contributed by atoms with Gasteiger partial charge in [-0.25, -0.2) is 0 Å². The highest BCUT2D eigenvalue weighted by Crippen LogP contribution is 2.29. The average Bonchev–Trinajstić information content (AvgIpc) is 2.97. The number of carbonyl (C=O) groups is 1. The van der Waals surface area contributed by atoms with Gasteiger partial charge < -0.3 is 9.64 Å². The third-order valence-corrected chi connectivity index (χ3v) is 4.16. The molecule has 114 valence electrons. The Morgan fingerprint density at radius 1 is 1.18 bits per heavy atom. The van der Waals surface area contributed by atoms with Gasteiger partial charge in [0.15, 0.2) is 6.10 Å². The molecule has 1 aliphatic rings. The van der Waals surface area contributed by atoms with Gasteiger partial charge in [0, 0.05) is 12.2 Å². The van der Waals surface area contributed by atoms with Gasteiger partial charge in [-0.2, -0.15) is 0 Å². The number of nitrogens with zero attached hydrogens (tertiary/aromatic N) is 1. The van der Waals surface area contributed by atoms with E-state index >= 15 is 0 Å². The minimum atomic E-state index is -0.438. The predicted molar refractivity (Wildman–Crippen MR) is 88.4 cm³/mol. The van der Waals surface area contributed by atoms with Crippen molar-refractivity contribution in [3.8, 4) is 5.75 Å². The molecule has 3 heteroatoms. The SMILES string of the molecule is CCC(Oc1ccccc1C)C(=O)N1CCc2ccccc21. The van der Waals surface area contributed by atoms with Gasteiger partial charge in [0.1, 0.15) is 5.75 Å². The number of amides is 1. The van der Waals surface area contributed by atoms with Gasteiger partial charge >= 0.3 is 0 Å². The molecule has 22 heavy (non-hydrogen) atoms. The molecule has 2 aromatic carbocycles. The molecule has 0 fully saturated rings. The number of aryl methyl sites for hydroxylation is 1. The molecule has 1 amide bonds. The maximum atomic E-state index is 12.9. The number of benzene rings is 2. The first-order valence-corrected chi connectivity index (χ1v) is 7.82. The van der Waals surface area contributed by atoms with E-state index in [1.165, 1.54) is 5.56 Å². The van der Waals surface area contributed by atoms with E-state index in [0.29, 0.717) is 6.42 Å². The topological polar surface area (TPSA) is 29.5 Å². The number of fused-ring (bicyclic) bond motifs is 1. The normalized spacial score (nSPS) is 14.5. The van der Waals surface area contributed by atoms with Crippen LogP contribution in [0.2, 0.25) is 0 Å². The highest BCUT2D eigenvalue weighted by Gasteiger charge is 2.30. The van der Waals surface area contributed by atoms with Crippen LogP contribution < -0.4 is 9.64 Å². The Bertz CT molecular complexity index is 681. The van der Waals surface area contributed by atoms with Gasteiger partial charge in [0.2, 0.25) is 0 Å². The lowest BCUT2D eigenvalue weighted by molar-refractivity contribution is -0.125. The largest absolute Gasteiger partial charge is 0.480 e. The smallest absolute Gasteiger partial charge is 0.268 e. The third kappa shape index (κ3) is 2.71. The zero-order valence-electron chi connectivity index (χ0n) is 13.1. The highest BCUT2D eigenvalue weighted by atomic mass is 16.5. The molecule has 2 aromatic rings. The van der Waals surface area contributed by atoms with Crippen LogP contribution in [-0.4, -0.2) is 18.6 Å². The van der Waals surface area contributed by atoms with Crippen LogP contribution in [0.25, 0.3) is 0 Å². The van der Waals surface area contributed by atoms with E-state index in [0.717, 1.165) is 30.0 Å². The third-order valence-electron chi connectivity index (χ3n) is 4.16. The first kappa shape index (κ1) is 14.6. The van der Waals surface area contributed by atoms with Crippen molar-refractivity contribution in [3.63, 3.8) is 0 Å². The second-order valence-electron chi connectivity index (χ2n) is 5.65. The highest BCUT2D eigenvalue weighted by molar-refractivity contribution is 5.98. The molecule has 0 bridgehead atoms. The lowest BCUT2D eigenvalue weighted by Gasteiger charge is -2.24. The van der Waals surface area contributed by atoms with Crippen LogP contribution in [0.3, 0.4) is 0 Å². The van der Waals surface area contributed by atoms with Crippen molar-refractivity contribution in [2.45, 2.75) is 32.8 Å². The lowest BCUT2D eigenvalue weighted by Crippen LogP contribution is -2.41. The zero-order valence-corrected chi connectivity index (χ0v) is 13.1. The minimum absolute atomic E-state index is 0.0516. The molecule has 1 atom stereocenters. The Morgan fingerprint density at radius 2 is 1.91 bits per heavy atom. The fourth-order valence-corrected chi connectivity index (χ4v) is 2.89. The van der Waals surface area contributed by atoms with Crippen LogP contribution in [0, 0.1) is 6.92 Å². The Kier molecular flexibility index (Phi) is 4.14. The second kappa shape index (κ2) is 6.22. The van der Waals surface area contributed by atoms with Crippen molar-refractivity contribution < 1.29 is 9.53 Å². The maximum Gasteiger partial charge on any atom is 0.268 e. The standard InChI is InChI=1S/C19H21NO2/c1-3-17(22-18-11-7-4-8-14(18)2)19(21)20-13-12-15-9-5-6-10-16(15)20/h4-11,17H,3,12-13H2,1-2H3. The van der Waals surface area contributed by atoms with E-state index in [2.05, 4.69) is 6.07 Å². The van der Waals surface area contributed by atoms with E-state index in [4.69, 9.17) is 4.74 Å². The number of anilines is 1. The van der Waals surface area contributed by atoms with Gasteiger partial charge in [-0.1, -0.05) is 43.3 Å². The van der Waals surface area contributed by atoms with Crippen LogP contribution in [0.15, 0.2) is 48.5 Å². The monoisotopic (exact) mass is 295 g/mol. The van der Waals surface area contributed by atoms with Crippen molar-refractivity contribution in [1.82, 2.24) is 0 Å². The summed E-state index contributed by atoms with van der Waals surface area (Å²) >= 11 is 0. The molecule has 0 spiro atoms. The molecule has 3 rings (SSSR count). The Balaban J connectivity index is 1.80. The molecule has 0 saturated carbocycles. The molecular weight excluding hydrogens is 274 g/mol. The zero-order chi connectivity index (χ0) is 15.5. The van der Waals surface area contributed by atoms with Gasteiger partial charge in [-0.05, 0) is 43.0 Å². The Morgan fingerprint density at radius 3 is 2.68 bits per heavy atom.